The minimum atomic E-state index is -5.06. The lowest BCUT2D eigenvalue weighted by Crippen LogP contribution is -2.58. The van der Waals surface area contributed by atoms with Crippen LogP contribution in [0.15, 0.2) is 30.3 Å². The molecule has 2 aromatic carbocycles. The molecule has 186 valence electrons. The number of amides is 1. The Bertz CT molecular complexity index is 1010. The lowest BCUT2D eigenvalue weighted by Gasteiger charge is -2.39. The van der Waals surface area contributed by atoms with Gasteiger partial charge in [-0.25, -0.2) is 13.2 Å². The van der Waals surface area contributed by atoms with E-state index < -0.39 is 70.7 Å². The average Bonchev–Trinajstić information content (AvgIpc) is 2.71. The first-order valence-corrected chi connectivity index (χ1v) is 9.83. The molecule has 0 bridgehead atoms. The van der Waals surface area contributed by atoms with Gasteiger partial charge in [0.1, 0.15) is 17.5 Å². The number of alkyl halides is 6. The fraction of sp³-hybridized carbons (Fsp3) is 0.381. The highest BCUT2D eigenvalue weighted by atomic mass is 19.4. The van der Waals surface area contributed by atoms with Crippen LogP contribution in [0.2, 0.25) is 0 Å². The van der Waals surface area contributed by atoms with E-state index in [2.05, 4.69) is 5.32 Å². The zero-order valence-corrected chi connectivity index (χ0v) is 17.5. The molecule has 4 nitrogen and oxygen atoms in total. The third-order valence-electron chi connectivity index (χ3n) is 5.24. The monoisotopic (exact) mass is 499 g/mol. The molecular weight excluding hydrogens is 481 g/mol. The molecule has 0 saturated carbocycles. The molecule has 3 rings (SSSR count). The first-order chi connectivity index (χ1) is 15.7. The third kappa shape index (κ3) is 5.57. The second-order valence-corrected chi connectivity index (χ2v) is 7.74. The molecule has 1 fully saturated rings. The number of nitrogens with one attached hydrogen (secondary N) is 1. The van der Waals surface area contributed by atoms with E-state index >= 15 is 0 Å². The molecule has 0 radical (unpaired) electrons. The van der Waals surface area contributed by atoms with Gasteiger partial charge >= 0.3 is 12.4 Å². The first-order valence-electron chi connectivity index (χ1n) is 9.83. The van der Waals surface area contributed by atoms with Gasteiger partial charge in [0, 0.05) is 45.4 Å². The summed E-state index contributed by atoms with van der Waals surface area (Å²) in [5, 5.41) is 2.84. The summed E-state index contributed by atoms with van der Waals surface area (Å²) in [6, 6.07) is 0.587. The quantitative estimate of drug-likeness (QED) is 0.626. The maximum atomic E-state index is 14.3. The molecule has 1 saturated heterocycles. The van der Waals surface area contributed by atoms with Gasteiger partial charge in [-0.2, -0.15) is 26.3 Å². The summed E-state index contributed by atoms with van der Waals surface area (Å²) in [5.41, 5.74) is -4.16. The number of piperazine rings is 1. The van der Waals surface area contributed by atoms with Gasteiger partial charge in [-0.15, -0.1) is 0 Å². The van der Waals surface area contributed by atoms with Crippen molar-refractivity contribution in [1.29, 1.82) is 0 Å². The predicted molar refractivity (Wildman–Crippen MR) is 103 cm³/mol. The summed E-state index contributed by atoms with van der Waals surface area (Å²) >= 11 is 0. The van der Waals surface area contributed by atoms with E-state index in [-0.39, 0.29) is 25.7 Å². The normalized spacial score (nSPS) is 17.1. The molecule has 13 heteroatoms. The summed E-state index contributed by atoms with van der Waals surface area (Å²) < 4.78 is 121. The molecular formula is C21H18F9N3O. The number of benzene rings is 2. The first kappa shape index (κ1) is 25.7. The number of nitrogens with zero attached hydrogens (tertiary/aromatic N) is 2. The number of hydrogen-bond acceptors (Lipinski definition) is 3. The number of halogens is 9. The van der Waals surface area contributed by atoms with E-state index in [0.29, 0.717) is 24.3 Å². The predicted octanol–water partition coefficient (Wildman–Crippen LogP) is 4.58. The molecule has 1 atom stereocenters. The van der Waals surface area contributed by atoms with Crippen LogP contribution in [-0.2, 0) is 23.7 Å². The van der Waals surface area contributed by atoms with Gasteiger partial charge in [0.05, 0.1) is 11.1 Å². The van der Waals surface area contributed by atoms with Crippen molar-refractivity contribution >= 4 is 11.6 Å². The van der Waals surface area contributed by atoms with Crippen LogP contribution < -0.4 is 10.2 Å². The van der Waals surface area contributed by atoms with Crippen LogP contribution in [0.25, 0.3) is 0 Å². The van der Waals surface area contributed by atoms with Crippen LogP contribution in [0.3, 0.4) is 0 Å². The van der Waals surface area contributed by atoms with Crippen LogP contribution in [0.5, 0.6) is 0 Å². The third-order valence-corrected chi connectivity index (χ3v) is 5.24. The second kappa shape index (κ2) is 9.35. The van der Waals surface area contributed by atoms with E-state index in [1.165, 1.54) is 0 Å². The Balaban J connectivity index is 1.90. The molecule has 1 amide bonds. The SMILES string of the molecule is CN(Cc1cc(C(F)(F)F)cc(C(F)(F)F)c1)C(=O)C1CNCCN1c1c(F)cc(F)cc1F. The van der Waals surface area contributed by atoms with Crippen LogP contribution in [0.1, 0.15) is 16.7 Å². The fourth-order valence-corrected chi connectivity index (χ4v) is 3.72. The lowest BCUT2D eigenvalue weighted by molar-refractivity contribution is -0.143. The molecule has 34 heavy (non-hydrogen) atoms. The van der Waals surface area contributed by atoms with Gasteiger partial charge in [0.25, 0.3) is 0 Å². The molecule has 0 aliphatic carbocycles. The van der Waals surface area contributed by atoms with E-state index in [1.807, 2.05) is 0 Å². The molecule has 1 aliphatic rings. The topological polar surface area (TPSA) is 35.6 Å². The van der Waals surface area contributed by atoms with Crippen molar-refractivity contribution in [3.05, 3.63) is 64.5 Å². The molecule has 1 N–H and O–H groups in total. The summed E-state index contributed by atoms with van der Waals surface area (Å²) in [6.07, 6.45) is -10.1. The van der Waals surface area contributed by atoms with Gasteiger partial charge in [-0.05, 0) is 23.8 Å². The van der Waals surface area contributed by atoms with E-state index in [4.69, 9.17) is 0 Å². The highest BCUT2D eigenvalue weighted by Crippen LogP contribution is 2.36. The van der Waals surface area contributed by atoms with Crippen LogP contribution in [0, 0.1) is 17.5 Å². The van der Waals surface area contributed by atoms with Crippen molar-refractivity contribution in [3.8, 4) is 0 Å². The maximum Gasteiger partial charge on any atom is 0.416 e. The summed E-state index contributed by atoms with van der Waals surface area (Å²) in [5.74, 6) is -4.50. The van der Waals surface area contributed by atoms with Crippen LogP contribution in [-0.4, -0.2) is 43.5 Å². The number of rotatable bonds is 4. The standard InChI is InChI=1S/C21H18F9N3O/c1-32(10-11-4-12(20(25,26)27)6-13(5-11)21(28,29)30)19(34)17-9-31-2-3-33(17)18-15(23)7-14(22)8-16(18)24/h4-8,17,31H,2-3,9-10H2,1H3. The van der Waals surface area contributed by atoms with Crippen molar-refractivity contribution in [3.63, 3.8) is 0 Å². The molecule has 1 unspecified atom stereocenters. The number of carbonyl (C=O) groups is 1. The lowest BCUT2D eigenvalue weighted by atomic mass is 10.0. The Hall–Kier alpha value is -2.96. The van der Waals surface area contributed by atoms with Gasteiger partial charge in [-0.1, -0.05) is 0 Å². The minimum Gasteiger partial charge on any atom is -0.352 e. The highest BCUT2D eigenvalue weighted by molar-refractivity contribution is 5.86. The van der Waals surface area contributed by atoms with Crippen LogP contribution >= 0.6 is 0 Å². The molecule has 0 spiro atoms. The molecule has 1 heterocycles. The average molecular weight is 499 g/mol. The van der Waals surface area contributed by atoms with Gasteiger partial charge in [0.15, 0.2) is 11.6 Å². The Kier molecular flexibility index (Phi) is 7.06. The summed E-state index contributed by atoms with van der Waals surface area (Å²) in [4.78, 5) is 14.9. The number of anilines is 1. The Labute approximate surface area is 187 Å². The number of hydrogen-bond donors (Lipinski definition) is 1. The Morgan fingerprint density at radius 1 is 0.971 bits per heavy atom. The van der Waals surface area contributed by atoms with Gasteiger partial charge in [0.2, 0.25) is 5.91 Å². The van der Waals surface area contributed by atoms with Crippen molar-refractivity contribution < 1.29 is 44.3 Å². The van der Waals surface area contributed by atoms with Crippen molar-refractivity contribution in [2.24, 2.45) is 0 Å². The van der Waals surface area contributed by atoms with Gasteiger partial charge in [-0.3, -0.25) is 4.79 Å². The van der Waals surface area contributed by atoms with Crippen molar-refractivity contribution in [2.45, 2.75) is 24.9 Å². The Morgan fingerprint density at radius 3 is 2.00 bits per heavy atom. The fourth-order valence-electron chi connectivity index (χ4n) is 3.72. The minimum absolute atomic E-state index is 0.0296. The van der Waals surface area contributed by atoms with E-state index in [1.54, 1.807) is 0 Å². The van der Waals surface area contributed by atoms with E-state index in [0.717, 1.165) is 16.8 Å². The highest BCUT2D eigenvalue weighted by Gasteiger charge is 2.38. The second-order valence-electron chi connectivity index (χ2n) is 7.74. The molecule has 1 aliphatic heterocycles. The van der Waals surface area contributed by atoms with Crippen LogP contribution in [0.4, 0.5) is 45.2 Å². The Morgan fingerprint density at radius 2 is 1.50 bits per heavy atom. The number of likely N-dealkylation sites (N-methyl/N-ethyl adjacent to an activating group) is 1. The van der Waals surface area contributed by atoms with Crippen molar-refractivity contribution in [1.82, 2.24) is 10.2 Å². The zero-order valence-electron chi connectivity index (χ0n) is 17.5. The smallest absolute Gasteiger partial charge is 0.352 e. The van der Waals surface area contributed by atoms with Gasteiger partial charge < -0.3 is 15.1 Å². The van der Waals surface area contributed by atoms with E-state index in [9.17, 15) is 44.3 Å². The number of carbonyl (C=O) groups excluding carboxylic acids is 1. The summed E-state index contributed by atoms with van der Waals surface area (Å²) in [6.45, 7) is -0.599. The van der Waals surface area contributed by atoms with Crippen molar-refractivity contribution in [2.75, 3.05) is 31.6 Å². The largest absolute Gasteiger partial charge is 0.416 e. The zero-order chi connectivity index (χ0) is 25.4. The maximum absolute atomic E-state index is 14.3. The molecule has 0 aromatic heterocycles. The summed E-state index contributed by atoms with van der Waals surface area (Å²) in [7, 11) is 1.14. The molecule has 2 aromatic rings.